The molecule has 2 aromatic carbocycles. The van der Waals surface area contributed by atoms with E-state index in [1.807, 2.05) is 44.2 Å². The first-order valence-electron chi connectivity index (χ1n) is 11.3. The van der Waals surface area contributed by atoms with Crippen LogP contribution in [-0.4, -0.2) is 43.7 Å². The molecule has 33 heavy (non-hydrogen) atoms. The molecule has 1 aliphatic carbocycles. The molecule has 0 unspecified atom stereocenters. The number of hydrogen-bond donors (Lipinski definition) is 1. The Labute approximate surface area is 195 Å². The molecule has 1 heterocycles. The zero-order valence-corrected chi connectivity index (χ0v) is 19.9. The Bertz CT molecular complexity index is 1140. The molecule has 1 aliphatic heterocycles. The van der Waals surface area contributed by atoms with Crippen LogP contribution in [0.25, 0.3) is 0 Å². The maximum atomic E-state index is 13.2. The second kappa shape index (κ2) is 9.17. The Morgan fingerprint density at radius 1 is 1.06 bits per heavy atom. The van der Waals surface area contributed by atoms with Crippen molar-refractivity contribution in [3.8, 4) is 5.75 Å². The number of rotatable bonds is 8. The fourth-order valence-corrected chi connectivity index (χ4v) is 6.34. The van der Waals surface area contributed by atoms with Gasteiger partial charge in [-0.25, -0.2) is 13.2 Å². The number of imide groups is 1. The van der Waals surface area contributed by atoms with Crippen LogP contribution in [0.2, 0.25) is 0 Å². The van der Waals surface area contributed by atoms with Gasteiger partial charge < -0.3 is 9.64 Å². The quantitative estimate of drug-likeness (QED) is 0.592. The molecule has 0 spiro atoms. The van der Waals surface area contributed by atoms with Gasteiger partial charge in [-0.1, -0.05) is 44.2 Å². The van der Waals surface area contributed by atoms with Gasteiger partial charge in [0.1, 0.15) is 12.3 Å². The average molecular weight is 471 g/mol. The minimum Gasteiger partial charge on any atom is -0.490 e. The zero-order chi connectivity index (χ0) is 23.6. The van der Waals surface area contributed by atoms with E-state index in [0.717, 1.165) is 36.8 Å². The smallest absolute Gasteiger partial charge is 0.324 e. The van der Waals surface area contributed by atoms with Gasteiger partial charge in [-0.3, -0.25) is 10.1 Å². The summed E-state index contributed by atoms with van der Waals surface area (Å²) in [4.78, 5) is 24.8. The molecule has 7 nitrogen and oxygen atoms in total. The maximum Gasteiger partial charge on any atom is 0.324 e. The van der Waals surface area contributed by atoms with Crippen LogP contribution in [-0.2, 0) is 26.6 Å². The van der Waals surface area contributed by atoms with Gasteiger partial charge in [0.25, 0.3) is 0 Å². The van der Waals surface area contributed by atoms with Crippen molar-refractivity contribution in [2.45, 2.75) is 62.5 Å². The molecule has 0 bridgehead atoms. The van der Waals surface area contributed by atoms with Gasteiger partial charge in [-0.15, -0.1) is 0 Å². The molecule has 176 valence electrons. The molecular formula is C25H30N2O5S. The molecule has 1 saturated heterocycles. The zero-order valence-electron chi connectivity index (χ0n) is 19.0. The van der Waals surface area contributed by atoms with Crippen molar-refractivity contribution in [2.75, 3.05) is 12.3 Å². The number of nitrogens with one attached hydrogen (secondary N) is 1. The summed E-state index contributed by atoms with van der Waals surface area (Å²) in [6.45, 7) is 4.19. The van der Waals surface area contributed by atoms with Crippen LogP contribution < -0.4 is 10.1 Å². The highest BCUT2D eigenvalue weighted by Gasteiger charge is 2.30. The molecule has 0 atom stereocenters. The Hall–Kier alpha value is -2.87. The van der Waals surface area contributed by atoms with Crippen LogP contribution in [0.4, 0.5) is 4.79 Å². The Morgan fingerprint density at radius 2 is 1.76 bits per heavy atom. The molecule has 2 aliphatic rings. The fourth-order valence-electron chi connectivity index (χ4n) is 4.47. The van der Waals surface area contributed by atoms with Gasteiger partial charge in [0.15, 0.2) is 9.84 Å². The monoisotopic (exact) mass is 470 g/mol. The molecule has 0 aromatic heterocycles. The summed E-state index contributed by atoms with van der Waals surface area (Å²) in [5.41, 5.74) is 1.13. The van der Waals surface area contributed by atoms with Crippen LogP contribution in [0.5, 0.6) is 5.75 Å². The number of nitrogens with zero attached hydrogens (tertiary/aromatic N) is 1. The lowest BCUT2D eigenvalue weighted by atomic mass is 9.86. The van der Waals surface area contributed by atoms with Crippen LogP contribution in [0.3, 0.4) is 0 Å². The summed E-state index contributed by atoms with van der Waals surface area (Å²) < 4.78 is 32.5. The molecule has 3 amide bonds. The Kier molecular flexibility index (Phi) is 6.47. The van der Waals surface area contributed by atoms with Crippen molar-refractivity contribution in [3.05, 3.63) is 59.7 Å². The van der Waals surface area contributed by atoms with E-state index in [9.17, 15) is 18.0 Å². The van der Waals surface area contributed by atoms with Gasteiger partial charge in [0.05, 0.1) is 16.8 Å². The van der Waals surface area contributed by atoms with Crippen LogP contribution in [0.1, 0.15) is 50.7 Å². The summed E-state index contributed by atoms with van der Waals surface area (Å²) in [7, 11) is -3.54. The minimum atomic E-state index is -3.54. The first-order chi connectivity index (χ1) is 15.6. The van der Waals surface area contributed by atoms with Crippen LogP contribution >= 0.6 is 0 Å². The molecule has 2 aromatic rings. The lowest BCUT2D eigenvalue weighted by Gasteiger charge is -2.26. The predicted octanol–water partition coefficient (Wildman–Crippen LogP) is 3.81. The first-order valence-corrected chi connectivity index (χ1v) is 13.0. The number of amides is 3. The molecule has 1 saturated carbocycles. The van der Waals surface area contributed by atoms with E-state index in [1.54, 1.807) is 18.2 Å². The minimum absolute atomic E-state index is 0.0464. The van der Waals surface area contributed by atoms with Gasteiger partial charge in [0.2, 0.25) is 5.91 Å². The fraction of sp³-hybridized carbons (Fsp3) is 0.440. The van der Waals surface area contributed by atoms with Crippen LogP contribution in [0.15, 0.2) is 53.4 Å². The summed E-state index contributed by atoms with van der Waals surface area (Å²) in [5.74, 6) is 0.255. The third-order valence-corrected chi connectivity index (χ3v) is 8.37. The standard InChI is InChI=1S/C25H30N2O5S/c1-25(2,19-12-10-18(11-13-19)15-27-16-23(28)26-24(27)29)17-33(30,31)22-9-5-8-21(14-22)32-20-6-3-4-7-20/h5,8-14,20H,3-4,6-7,15-17H2,1-2H3,(H,26,28,29). The average Bonchev–Trinajstić information content (AvgIpc) is 3.37. The highest BCUT2D eigenvalue weighted by atomic mass is 32.2. The lowest BCUT2D eigenvalue weighted by Crippen LogP contribution is -2.29. The number of ether oxygens (including phenoxy) is 1. The number of benzene rings is 2. The molecule has 0 radical (unpaired) electrons. The van der Waals surface area contributed by atoms with E-state index < -0.39 is 21.3 Å². The number of urea groups is 1. The van der Waals surface area contributed by atoms with Gasteiger partial charge in [-0.2, -0.15) is 0 Å². The predicted molar refractivity (Wildman–Crippen MR) is 125 cm³/mol. The molecule has 1 N–H and O–H groups in total. The van der Waals surface area contributed by atoms with E-state index in [4.69, 9.17) is 4.74 Å². The maximum absolute atomic E-state index is 13.2. The van der Waals surface area contributed by atoms with E-state index in [0.29, 0.717) is 12.3 Å². The lowest BCUT2D eigenvalue weighted by molar-refractivity contribution is -0.118. The summed E-state index contributed by atoms with van der Waals surface area (Å²) in [5, 5.41) is 2.26. The number of carbonyl (C=O) groups is 2. The van der Waals surface area contributed by atoms with Crippen molar-refractivity contribution in [3.63, 3.8) is 0 Å². The third kappa shape index (κ3) is 5.55. The van der Waals surface area contributed by atoms with E-state index in [-0.39, 0.29) is 29.2 Å². The number of carbonyl (C=O) groups excluding carboxylic acids is 2. The Morgan fingerprint density at radius 3 is 2.39 bits per heavy atom. The third-order valence-electron chi connectivity index (χ3n) is 6.30. The van der Waals surface area contributed by atoms with Crippen molar-refractivity contribution >= 4 is 21.8 Å². The van der Waals surface area contributed by atoms with Gasteiger partial charge >= 0.3 is 6.03 Å². The van der Waals surface area contributed by atoms with E-state index in [2.05, 4.69) is 5.32 Å². The normalized spacial score (nSPS) is 17.5. The molecule has 4 rings (SSSR count). The van der Waals surface area contributed by atoms with Crippen LogP contribution in [0, 0.1) is 0 Å². The molecular weight excluding hydrogens is 440 g/mol. The van der Waals surface area contributed by atoms with E-state index in [1.165, 1.54) is 4.90 Å². The highest BCUT2D eigenvalue weighted by molar-refractivity contribution is 7.91. The highest BCUT2D eigenvalue weighted by Crippen LogP contribution is 2.30. The number of sulfone groups is 1. The Balaban J connectivity index is 1.45. The SMILES string of the molecule is CC(C)(CS(=O)(=O)c1cccc(OC2CCCC2)c1)c1ccc(CN2CC(=O)NC2=O)cc1. The van der Waals surface area contributed by atoms with Gasteiger partial charge in [0, 0.05) is 12.0 Å². The number of hydrogen-bond acceptors (Lipinski definition) is 5. The molecule has 8 heteroatoms. The van der Waals surface area contributed by atoms with Crippen molar-refractivity contribution in [2.24, 2.45) is 0 Å². The van der Waals surface area contributed by atoms with Crippen molar-refractivity contribution < 1.29 is 22.7 Å². The first kappa shape index (κ1) is 23.3. The molecule has 2 fully saturated rings. The van der Waals surface area contributed by atoms with Gasteiger partial charge in [-0.05, 0) is 55.0 Å². The topological polar surface area (TPSA) is 92.8 Å². The largest absolute Gasteiger partial charge is 0.490 e. The second-order valence-electron chi connectivity index (χ2n) is 9.55. The summed E-state index contributed by atoms with van der Waals surface area (Å²) in [6, 6.07) is 13.9. The second-order valence-corrected chi connectivity index (χ2v) is 11.5. The summed E-state index contributed by atoms with van der Waals surface area (Å²) in [6.07, 6.45) is 4.50. The van der Waals surface area contributed by atoms with Crippen molar-refractivity contribution in [1.82, 2.24) is 10.2 Å². The van der Waals surface area contributed by atoms with Crippen molar-refractivity contribution in [1.29, 1.82) is 0 Å². The summed E-state index contributed by atoms with van der Waals surface area (Å²) >= 11 is 0. The van der Waals surface area contributed by atoms with E-state index >= 15 is 0 Å².